The summed E-state index contributed by atoms with van der Waals surface area (Å²) in [6.07, 6.45) is 11.5. The van der Waals surface area contributed by atoms with Crippen LogP contribution in [0.4, 0.5) is 0 Å². The van der Waals surface area contributed by atoms with Crippen LogP contribution in [0.25, 0.3) is 0 Å². The van der Waals surface area contributed by atoms with Gasteiger partial charge in [-0.1, -0.05) is 0 Å². The first kappa shape index (κ1) is 15.0. The van der Waals surface area contributed by atoms with Crippen LogP contribution >= 0.6 is 0 Å². The minimum absolute atomic E-state index is 0.391. The number of ether oxygens (including phenoxy) is 1. The third-order valence-corrected chi connectivity index (χ3v) is 6.04. The minimum Gasteiger partial charge on any atom is -0.339 e. The molecule has 2 aliphatic carbocycles. The third kappa shape index (κ3) is 1.97. The molecule has 23 heavy (non-hydrogen) atoms. The Hall–Kier alpha value is -1.53. The summed E-state index contributed by atoms with van der Waals surface area (Å²) < 4.78 is 6.64. The van der Waals surface area contributed by atoms with Crippen LogP contribution < -0.4 is 0 Å². The van der Waals surface area contributed by atoms with Gasteiger partial charge in [-0.3, -0.25) is 0 Å². The van der Waals surface area contributed by atoms with Gasteiger partial charge in [-0.2, -0.15) is 5.26 Å². The molecular formula is C20H26N2O. The van der Waals surface area contributed by atoms with Gasteiger partial charge >= 0.3 is 0 Å². The van der Waals surface area contributed by atoms with Gasteiger partial charge in [0.25, 0.3) is 0 Å². The molecule has 0 spiro atoms. The van der Waals surface area contributed by atoms with Crippen molar-refractivity contribution in [2.24, 2.45) is 0 Å². The van der Waals surface area contributed by atoms with E-state index in [2.05, 4.69) is 31.7 Å². The van der Waals surface area contributed by atoms with Crippen molar-refractivity contribution in [3.8, 4) is 6.07 Å². The van der Waals surface area contributed by atoms with E-state index in [1.54, 1.807) is 17.2 Å². The summed E-state index contributed by atoms with van der Waals surface area (Å²) in [4.78, 5) is 2.40. The Bertz CT molecular complexity index is 689. The SMILES string of the molecule is CC1(C)OC2(C)C3=C(CCCC3)C3=C(CCCC3)N2/C1=C/C#N. The van der Waals surface area contributed by atoms with Crippen molar-refractivity contribution in [3.63, 3.8) is 0 Å². The second-order valence-corrected chi connectivity index (χ2v) is 7.89. The highest BCUT2D eigenvalue weighted by atomic mass is 16.6. The number of allylic oxidation sites excluding steroid dienone is 4. The lowest BCUT2D eigenvalue weighted by Crippen LogP contribution is -2.47. The molecule has 0 N–H and O–H groups in total. The van der Waals surface area contributed by atoms with E-state index in [1.807, 2.05) is 0 Å². The lowest BCUT2D eigenvalue weighted by molar-refractivity contribution is -0.0892. The highest BCUT2D eigenvalue weighted by Gasteiger charge is 2.56. The Balaban J connectivity index is 1.97. The predicted molar refractivity (Wildman–Crippen MR) is 90.1 cm³/mol. The molecule has 1 atom stereocenters. The number of rotatable bonds is 0. The molecule has 3 nitrogen and oxygen atoms in total. The maximum atomic E-state index is 9.32. The number of nitriles is 1. The van der Waals surface area contributed by atoms with Crippen molar-refractivity contribution in [2.75, 3.05) is 0 Å². The molecular weight excluding hydrogens is 284 g/mol. The Morgan fingerprint density at radius 3 is 2.39 bits per heavy atom. The molecule has 0 aromatic rings. The Labute approximate surface area is 139 Å². The molecule has 1 saturated heterocycles. The largest absolute Gasteiger partial charge is 0.339 e. The first-order chi connectivity index (χ1) is 11.0. The van der Waals surface area contributed by atoms with Crippen LogP contribution in [-0.4, -0.2) is 16.2 Å². The van der Waals surface area contributed by atoms with Crippen LogP contribution in [0.2, 0.25) is 0 Å². The summed E-state index contributed by atoms with van der Waals surface area (Å²) in [5.74, 6) is 0. The van der Waals surface area contributed by atoms with Gasteiger partial charge in [0, 0.05) is 11.8 Å². The molecule has 2 heterocycles. The van der Waals surface area contributed by atoms with Gasteiger partial charge in [-0.05, 0) is 88.9 Å². The highest BCUT2D eigenvalue weighted by molar-refractivity contribution is 5.52. The minimum atomic E-state index is -0.417. The fraction of sp³-hybridized carbons (Fsp3) is 0.650. The van der Waals surface area contributed by atoms with E-state index in [1.165, 1.54) is 49.8 Å². The monoisotopic (exact) mass is 310 g/mol. The van der Waals surface area contributed by atoms with Crippen molar-refractivity contribution in [1.29, 1.82) is 5.26 Å². The quantitative estimate of drug-likeness (QED) is 0.595. The molecule has 0 aromatic heterocycles. The van der Waals surface area contributed by atoms with E-state index >= 15 is 0 Å². The van der Waals surface area contributed by atoms with Gasteiger partial charge in [0.2, 0.25) is 0 Å². The van der Waals surface area contributed by atoms with Crippen molar-refractivity contribution in [1.82, 2.24) is 4.90 Å². The molecule has 2 aliphatic heterocycles. The summed E-state index contributed by atoms with van der Waals surface area (Å²) in [6, 6.07) is 2.26. The van der Waals surface area contributed by atoms with Crippen molar-refractivity contribution in [2.45, 2.75) is 83.5 Å². The topological polar surface area (TPSA) is 36.3 Å². The zero-order chi connectivity index (χ0) is 16.2. The average Bonchev–Trinajstić information content (AvgIpc) is 2.75. The van der Waals surface area contributed by atoms with Gasteiger partial charge in [0.15, 0.2) is 5.72 Å². The predicted octanol–water partition coefficient (Wildman–Crippen LogP) is 4.93. The first-order valence-electron chi connectivity index (χ1n) is 9.04. The Morgan fingerprint density at radius 2 is 1.65 bits per heavy atom. The standard InChI is InChI=1S/C20H26N2O/c1-19(2)18(12-13-21)22-17-11-7-5-9-15(17)14-8-4-6-10-16(14)20(22,3)23-19/h12H,4-11H2,1-3H3/b18-12+. The lowest BCUT2D eigenvalue weighted by atomic mass is 9.75. The molecule has 0 aromatic carbocycles. The maximum absolute atomic E-state index is 9.32. The van der Waals surface area contributed by atoms with E-state index in [9.17, 15) is 5.26 Å². The number of nitrogens with zero attached hydrogens (tertiary/aromatic N) is 2. The van der Waals surface area contributed by atoms with Gasteiger partial charge in [0.05, 0.1) is 11.8 Å². The zero-order valence-electron chi connectivity index (χ0n) is 14.5. The van der Waals surface area contributed by atoms with Gasteiger partial charge in [0.1, 0.15) is 5.60 Å². The average molecular weight is 310 g/mol. The van der Waals surface area contributed by atoms with Crippen LogP contribution in [-0.2, 0) is 4.74 Å². The van der Waals surface area contributed by atoms with Crippen molar-refractivity contribution >= 4 is 0 Å². The van der Waals surface area contributed by atoms with E-state index in [0.717, 1.165) is 18.5 Å². The van der Waals surface area contributed by atoms with E-state index < -0.39 is 11.3 Å². The summed E-state index contributed by atoms with van der Waals surface area (Å²) in [7, 11) is 0. The smallest absolute Gasteiger partial charge is 0.166 e. The molecule has 4 rings (SSSR count). The molecule has 0 amide bonds. The van der Waals surface area contributed by atoms with Crippen LogP contribution in [0.15, 0.2) is 34.2 Å². The van der Waals surface area contributed by atoms with E-state index in [4.69, 9.17) is 4.74 Å². The Morgan fingerprint density at radius 1 is 1.00 bits per heavy atom. The lowest BCUT2D eigenvalue weighted by Gasteiger charge is -2.47. The number of fused-ring (bicyclic) bond motifs is 4. The van der Waals surface area contributed by atoms with Gasteiger partial charge in [-0.15, -0.1) is 0 Å². The Kier molecular flexibility index (Phi) is 3.25. The summed E-state index contributed by atoms with van der Waals surface area (Å²) in [5.41, 5.74) is 6.32. The van der Waals surface area contributed by atoms with Crippen LogP contribution in [0, 0.1) is 11.3 Å². The molecule has 1 fully saturated rings. The molecule has 0 saturated carbocycles. The number of hydrogen-bond acceptors (Lipinski definition) is 3. The first-order valence-corrected chi connectivity index (χ1v) is 9.04. The normalized spacial score (nSPS) is 34.2. The number of hydrogen-bond donors (Lipinski definition) is 0. The summed E-state index contributed by atoms with van der Waals surface area (Å²) in [6.45, 7) is 6.43. The van der Waals surface area contributed by atoms with Gasteiger partial charge < -0.3 is 9.64 Å². The second-order valence-electron chi connectivity index (χ2n) is 7.89. The molecule has 3 heteroatoms. The summed E-state index contributed by atoms with van der Waals surface area (Å²) in [5, 5.41) is 9.32. The van der Waals surface area contributed by atoms with E-state index in [-0.39, 0.29) is 0 Å². The summed E-state index contributed by atoms with van der Waals surface area (Å²) >= 11 is 0. The molecule has 122 valence electrons. The highest BCUT2D eigenvalue weighted by Crippen LogP contribution is 2.57. The van der Waals surface area contributed by atoms with Gasteiger partial charge in [-0.25, -0.2) is 0 Å². The fourth-order valence-corrected chi connectivity index (χ4v) is 5.20. The van der Waals surface area contributed by atoms with Crippen LogP contribution in [0.5, 0.6) is 0 Å². The fourth-order valence-electron chi connectivity index (χ4n) is 5.20. The van der Waals surface area contributed by atoms with E-state index in [0.29, 0.717) is 0 Å². The van der Waals surface area contributed by atoms with Crippen LogP contribution in [0.3, 0.4) is 0 Å². The molecule has 4 aliphatic rings. The molecule has 0 radical (unpaired) electrons. The van der Waals surface area contributed by atoms with Crippen molar-refractivity contribution < 1.29 is 4.74 Å². The van der Waals surface area contributed by atoms with Crippen LogP contribution in [0.1, 0.15) is 72.1 Å². The molecule has 0 bridgehead atoms. The maximum Gasteiger partial charge on any atom is 0.166 e. The third-order valence-electron chi connectivity index (χ3n) is 6.04. The molecule has 1 unspecified atom stereocenters. The zero-order valence-corrected chi connectivity index (χ0v) is 14.5. The second kappa shape index (κ2) is 4.98. The van der Waals surface area contributed by atoms with Crippen molar-refractivity contribution in [3.05, 3.63) is 34.2 Å².